The van der Waals surface area contributed by atoms with Crippen LogP contribution in [-0.4, -0.2) is 43.0 Å². The molecule has 6 nitrogen and oxygen atoms in total. The molecule has 0 saturated carbocycles. The molecular formula is C7H12F2N4O2S. The van der Waals surface area contributed by atoms with Crippen molar-refractivity contribution >= 4 is 16.0 Å². The topological polar surface area (TPSA) is 67.2 Å². The summed E-state index contributed by atoms with van der Waals surface area (Å²) in [5, 5.41) is 3.64. The van der Waals surface area contributed by atoms with Gasteiger partial charge >= 0.3 is 10.2 Å². The largest absolute Gasteiger partial charge is 0.302 e. The van der Waals surface area contributed by atoms with Gasteiger partial charge in [-0.2, -0.15) is 17.8 Å². The number of aromatic nitrogens is 2. The number of anilines is 1. The van der Waals surface area contributed by atoms with E-state index in [2.05, 4.69) is 9.82 Å². The lowest BCUT2D eigenvalue weighted by molar-refractivity contribution is 0.122. The summed E-state index contributed by atoms with van der Waals surface area (Å²) in [5.41, 5.74) is 0. The van der Waals surface area contributed by atoms with E-state index in [0.717, 1.165) is 8.99 Å². The van der Waals surface area contributed by atoms with E-state index in [-0.39, 0.29) is 5.82 Å². The van der Waals surface area contributed by atoms with Crippen LogP contribution in [0.3, 0.4) is 0 Å². The maximum Gasteiger partial charge on any atom is 0.302 e. The summed E-state index contributed by atoms with van der Waals surface area (Å²) in [6.45, 7) is -0.566. The first kappa shape index (κ1) is 12.8. The predicted octanol–water partition coefficient (Wildman–Crippen LogP) is 0.366. The molecule has 1 N–H and O–H groups in total. The second-order valence-corrected chi connectivity index (χ2v) is 5.09. The van der Waals surface area contributed by atoms with Crippen LogP contribution in [0.15, 0.2) is 12.3 Å². The molecule has 0 amide bonds. The van der Waals surface area contributed by atoms with Gasteiger partial charge in [0.05, 0.1) is 0 Å². The second-order valence-electron chi connectivity index (χ2n) is 3.20. The average Bonchev–Trinajstić information content (AvgIpc) is 2.50. The van der Waals surface area contributed by atoms with Crippen LogP contribution < -0.4 is 4.72 Å². The van der Waals surface area contributed by atoms with Crippen LogP contribution in [0.1, 0.15) is 0 Å². The van der Waals surface area contributed by atoms with Crippen LogP contribution in [-0.2, 0) is 16.8 Å². The highest BCUT2D eigenvalue weighted by atomic mass is 32.2. The number of rotatable bonds is 5. The number of nitrogens with zero attached hydrogens (tertiary/aromatic N) is 3. The molecule has 0 aromatic carbocycles. The fourth-order valence-corrected chi connectivity index (χ4v) is 1.44. The van der Waals surface area contributed by atoms with E-state index in [0.29, 0.717) is 0 Å². The van der Waals surface area contributed by atoms with Gasteiger partial charge in [0, 0.05) is 26.4 Å². The van der Waals surface area contributed by atoms with Gasteiger partial charge in [-0.05, 0) is 0 Å². The summed E-state index contributed by atoms with van der Waals surface area (Å²) in [4.78, 5) is 0. The van der Waals surface area contributed by atoms with Crippen molar-refractivity contribution in [2.75, 3.05) is 18.8 Å². The van der Waals surface area contributed by atoms with Gasteiger partial charge in [0.25, 0.3) is 6.43 Å². The Balaban J connectivity index is 2.73. The van der Waals surface area contributed by atoms with Crippen molar-refractivity contribution in [2.45, 2.75) is 13.0 Å². The Labute approximate surface area is 92.0 Å². The second kappa shape index (κ2) is 4.74. The standard InChI is InChI=1S/C7H12F2N4O2S/c1-12(2)16(14,15)11-7-3-4-13(10-7)5-6(8)9/h3-4,6H,5H2,1-2H3,(H,10,11). The Morgan fingerprint density at radius 3 is 2.69 bits per heavy atom. The van der Waals surface area contributed by atoms with Gasteiger partial charge in [0.1, 0.15) is 6.54 Å². The van der Waals surface area contributed by atoms with Gasteiger partial charge in [-0.25, -0.2) is 8.78 Å². The zero-order valence-electron chi connectivity index (χ0n) is 8.76. The van der Waals surface area contributed by atoms with E-state index >= 15 is 0 Å². The fourth-order valence-electron chi connectivity index (χ4n) is 0.883. The first-order valence-electron chi connectivity index (χ1n) is 4.33. The summed E-state index contributed by atoms with van der Waals surface area (Å²) in [7, 11) is -0.955. The molecule has 0 atom stereocenters. The molecule has 1 rings (SSSR count). The summed E-state index contributed by atoms with van der Waals surface area (Å²) in [6, 6.07) is 1.31. The Kier molecular flexibility index (Phi) is 3.81. The van der Waals surface area contributed by atoms with Crippen molar-refractivity contribution < 1.29 is 17.2 Å². The van der Waals surface area contributed by atoms with Crippen LogP contribution in [0.4, 0.5) is 14.6 Å². The van der Waals surface area contributed by atoms with Gasteiger partial charge in [0.2, 0.25) is 0 Å². The highest BCUT2D eigenvalue weighted by Gasteiger charge is 2.14. The highest BCUT2D eigenvalue weighted by Crippen LogP contribution is 2.07. The molecule has 0 fully saturated rings. The van der Waals surface area contributed by atoms with Crippen LogP contribution in [0.5, 0.6) is 0 Å². The lowest BCUT2D eigenvalue weighted by atomic mass is 10.6. The van der Waals surface area contributed by atoms with E-state index in [4.69, 9.17) is 0 Å². The van der Waals surface area contributed by atoms with E-state index in [1.54, 1.807) is 0 Å². The lowest BCUT2D eigenvalue weighted by Gasteiger charge is -2.11. The minimum Gasteiger partial charge on any atom is -0.265 e. The molecule has 16 heavy (non-hydrogen) atoms. The SMILES string of the molecule is CN(C)S(=O)(=O)Nc1ccn(CC(F)F)n1. The van der Waals surface area contributed by atoms with Crippen LogP contribution >= 0.6 is 0 Å². The number of hydrogen-bond acceptors (Lipinski definition) is 3. The Morgan fingerprint density at radius 1 is 1.56 bits per heavy atom. The molecule has 0 saturated heterocycles. The average molecular weight is 254 g/mol. The van der Waals surface area contributed by atoms with Gasteiger partial charge in [0.15, 0.2) is 5.82 Å². The monoisotopic (exact) mass is 254 g/mol. The quantitative estimate of drug-likeness (QED) is 0.825. The third-order valence-corrected chi connectivity index (χ3v) is 3.11. The number of nitrogens with one attached hydrogen (secondary N) is 1. The van der Waals surface area contributed by atoms with E-state index in [9.17, 15) is 17.2 Å². The minimum absolute atomic E-state index is 0.00866. The normalized spacial score (nSPS) is 12.4. The van der Waals surface area contributed by atoms with E-state index in [1.807, 2.05) is 0 Å². The first-order chi connectivity index (χ1) is 7.31. The minimum atomic E-state index is -3.65. The molecule has 0 spiro atoms. The van der Waals surface area contributed by atoms with Crippen molar-refractivity contribution in [2.24, 2.45) is 0 Å². The predicted molar refractivity (Wildman–Crippen MR) is 54.5 cm³/mol. The summed E-state index contributed by atoms with van der Waals surface area (Å²) >= 11 is 0. The summed E-state index contributed by atoms with van der Waals surface area (Å²) in [6.07, 6.45) is -1.25. The van der Waals surface area contributed by atoms with Crippen LogP contribution in [0.2, 0.25) is 0 Å². The highest BCUT2D eigenvalue weighted by molar-refractivity contribution is 7.90. The van der Waals surface area contributed by atoms with Gasteiger partial charge in [-0.1, -0.05) is 0 Å². The molecule has 92 valence electrons. The molecule has 1 aromatic rings. The molecule has 0 aliphatic heterocycles. The van der Waals surface area contributed by atoms with Gasteiger partial charge < -0.3 is 0 Å². The number of alkyl halides is 2. The zero-order chi connectivity index (χ0) is 12.3. The molecule has 0 radical (unpaired) electrons. The maximum atomic E-state index is 12.0. The first-order valence-corrected chi connectivity index (χ1v) is 5.77. The summed E-state index contributed by atoms with van der Waals surface area (Å²) in [5.74, 6) is 0.00866. The molecule has 1 aromatic heterocycles. The van der Waals surface area contributed by atoms with Crippen molar-refractivity contribution in [3.63, 3.8) is 0 Å². The molecule has 0 unspecified atom stereocenters. The Morgan fingerprint density at radius 2 is 2.19 bits per heavy atom. The Bertz CT molecular complexity index is 443. The van der Waals surface area contributed by atoms with Crippen LogP contribution in [0.25, 0.3) is 0 Å². The number of halogens is 2. The van der Waals surface area contributed by atoms with Crippen molar-refractivity contribution in [3.05, 3.63) is 12.3 Å². The summed E-state index contributed by atoms with van der Waals surface area (Å²) < 4.78 is 50.7. The molecule has 0 aliphatic carbocycles. The zero-order valence-corrected chi connectivity index (χ0v) is 9.58. The smallest absolute Gasteiger partial charge is 0.265 e. The maximum absolute atomic E-state index is 12.0. The van der Waals surface area contributed by atoms with Crippen molar-refractivity contribution in [3.8, 4) is 0 Å². The third kappa shape index (κ3) is 3.42. The number of hydrogen-bond donors (Lipinski definition) is 1. The van der Waals surface area contributed by atoms with E-state index < -0.39 is 23.2 Å². The fraction of sp³-hybridized carbons (Fsp3) is 0.571. The van der Waals surface area contributed by atoms with Crippen molar-refractivity contribution in [1.82, 2.24) is 14.1 Å². The third-order valence-electron chi connectivity index (χ3n) is 1.68. The van der Waals surface area contributed by atoms with Crippen LogP contribution in [0, 0.1) is 0 Å². The molecule has 1 heterocycles. The molecule has 9 heteroatoms. The van der Waals surface area contributed by atoms with E-state index in [1.165, 1.54) is 26.4 Å². The molecule has 0 aliphatic rings. The van der Waals surface area contributed by atoms with Crippen molar-refractivity contribution in [1.29, 1.82) is 0 Å². The van der Waals surface area contributed by atoms with Gasteiger partial charge in [-0.3, -0.25) is 9.40 Å². The Hall–Kier alpha value is -1.22. The molecular weight excluding hydrogens is 242 g/mol. The lowest BCUT2D eigenvalue weighted by Crippen LogP contribution is -2.29. The molecule has 0 bridgehead atoms. The van der Waals surface area contributed by atoms with Gasteiger partial charge in [-0.15, -0.1) is 0 Å².